The zero-order chi connectivity index (χ0) is 20.9. The van der Waals surface area contributed by atoms with Crippen LogP contribution >= 0.6 is 15.9 Å². The Morgan fingerprint density at radius 3 is 2.90 bits per heavy atom. The van der Waals surface area contributed by atoms with Gasteiger partial charge in [-0.3, -0.25) is 9.69 Å². The van der Waals surface area contributed by atoms with E-state index in [1.807, 2.05) is 24.3 Å². The molecule has 1 saturated heterocycles. The molecule has 0 bridgehead atoms. The van der Waals surface area contributed by atoms with E-state index >= 15 is 0 Å². The van der Waals surface area contributed by atoms with Gasteiger partial charge in [-0.05, 0) is 49.2 Å². The minimum absolute atomic E-state index is 0.0179. The van der Waals surface area contributed by atoms with Crippen LogP contribution in [0.4, 0.5) is 4.39 Å². The molecule has 0 aliphatic carbocycles. The topological polar surface area (TPSA) is 71.3 Å². The summed E-state index contributed by atoms with van der Waals surface area (Å²) in [5, 5.41) is 7.04. The predicted octanol–water partition coefficient (Wildman–Crippen LogP) is 4.17. The number of likely N-dealkylation sites (tertiary alicyclic amines) is 1. The normalized spacial score (nSPS) is 17.1. The van der Waals surface area contributed by atoms with E-state index in [2.05, 4.69) is 36.3 Å². The second-order valence-electron chi connectivity index (χ2n) is 7.44. The van der Waals surface area contributed by atoms with Gasteiger partial charge in [0.15, 0.2) is 0 Å². The van der Waals surface area contributed by atoms with Crippen molar-refractivity contribution >= 4 is 21.8 Å². The molecule has 0 radical (unpaired) electrons. The lowest BCUT2D eigenvalue weighted by molar-refractivity contribution is -0.127. The minimum Gasteiger partial charge on any atom is -0.352 e. The van der Waals surface area contributed by atoms with Gasteiger partial charge in [-0.1, -0.05) is 45.4 Å². The lowest BCUT2D eigenvalue weighted by Crippen LogP contribution is -2.42. The molecule has 1 aromatic heterocycles. The fourth-order valence-corrected chi connectivity index (χ4v) is 4.00. The molecule has 4 rings (SSSR count). The van der Waals surface area contributed by atoms with Crippen molar-refractivity contribution in [1.82, 2.24) is 20.4 Å². The average molecular weight is 473 g/mol. The fourth-order valence-electron chi connectivity index (χ4n) is 3.60. The first-order valence-electron chi connectivity index (χ1n) is 9.90. The van der Waals surface area contributed by atoms with Crippen molar-refractivity contribution < 1.29 is 13.7 Å². The van der Waals surface area contributed by atoms with Gasteiger partial charge in [0.2, 0.25) is 17.6 Å². The highest BCUT2D eigenvalue weighted by atomic mass is 79.9. The molecular formula is C22H22BrFN4O2. The number of nitrogens with zero attached hydrogens (tertiary/aromatic N) is 3. The number of hydrogen-bond acceptors (Lipinski definition) is 5. The van der Waals surface area contributed by atoms with E-state index in [1.54, 1.807) is 12.1 Å². The molecule has 3 aromatic rings. The zero-order valence-electron chi connectivity index (χ0n) is 16.4. The average Bonchev–Trinajstić information content (AvgIpc) is 3.22. The van der Waals surface area contributed by atoms with Crippen LogP contribution in [0.15, 0.2) is 57.5 Å². The van der Waals surface area contributed by atoms with Crippen molar-refractivity contribution in [1.29, 1.82) is 0 Å². The molecule has 2 heterocycles. The molecule has 156 valence electrons. The molecule has 1 aliphatic heterocycles. The summed E-state index contributed by atoms with van der Waals surface area (Å²) in [7, 11) is 0. The van der Waals surface area contributed by atoms with Gasteiger partial charge in [0, 0.05) is 23.1 Å². The Morgan fingerprint density at radius 2 is 2.10 bits per heavy atom. The van der Waals surface area contributed by atoms with Gasteiger partial charge in [0.1, 0.15) is 5.82 Å². The standard InChI is InChI=1S/C22H22BrFN4O2/c23-18-5-1-3-16(11-18)21-26-20(30-27-21)14-28-10-2-4-17(13-28)22(29)25-12-15-6-8-19(24)9-7-15/h1,3,5-9,11,17H,2,4,10,12-14H2,(H,25,29). The number of amides is 1. The summed E-state index contributed by atoms with van der Waals surface area (Å²) in [5.74, 6) is 0.738. The van der Waals surface area contributed by atoms with E-state index in [4.69, 9.17) is 4.52 Å². The first-order chi connectivity index (χ1) is 14.6. The Labute approximate surface area is 182 Å². The zero-order valence-corrected chi connectivity index (χ0v) is 17.9. The van der Waals surface area contributed by atoms with Crippen LogP contribution in [-0.2, 0) is 17.9 Å². The second kappa shape index (κ2) is 9.49. The number of hydrogen-bond donors (Lipinski definition) is 1. The van der Waals surface area contributed by atoms with Crippen LogP contribution < -0.4 is 5.32 Å². The molecule has 6 nitrogen and oxygen atoms in total. The Bertz CT molecular complexity index is 1010. The van der Waals surface area contributed by atoms with E-state index in [0.29, 0.717) is 31.3 Å². The van der Waals surface area contributed by atoms with E-state index in [0.717, 1.165) is 35.0 Å². The van der Waals surface area contributed by atoms with Crippen molar-refractivity contribution in [3.05, 3.63) is 70.3 Å². The second-order valence-corrected chi connectivity index (χ2v) is 8.36. The molecule has 1 aliphatic rings. The highest BCUT2D eigenvalue weighted by Gasteiger charge is 2.26. The molecule has 1 atom stereocenters. The number of nitrogens with one attached hydrogen (secondary N) is 1. The van der Waals surface area contributed by atoms with Crippen LogP contribution in [0.2, 0.25) is 0 Å². The number of carbonyl (C=O) groups is 1. The van der Waals surface area contributed by atoms with Gasteiger partial charge in [0.05, 0.1) is 12.5 Å². The quantitative estimate of drug-likeness (QED) is 0.582. The number of carbonyl (C=O) groups excluding carboxylic acids is 1. The number of benzene rings is 2. The van der Waals surface area contributed by atoms with Crippen molar-refractivity contribution in [3.8, 4) is 11.4 Å². The van der Waals surface area contributed by atoms with Crippen LogP contribution in [0.3, 0.4) is 0 Å². The van der Waals surface area contributed by atoms with E-state index in [-0.39, 0.29) is 17.6 Å². The molecule has 1 amide bonds. The monoisotopic (exact) mass is 472 g/mol. The molecule has 1 unspecified atom stereocenters. The number of rotatable bonds is 6. The van der Waals surface area contributed by atoms with E-state index in [1.165, 1.54) is 12.1 Å². The lowest BCUT2D eigenvalue weighted by atomic mass is 9.97. The molecule has 1 N–H and O–H groups in total. The summed E-state index contributed by atoms with van der Waals surface area (Å²) in [6.45, 7) is 2.44. The number of halogens is 2. The Balaban J connectivity index is 1.31. The van der Waals surface area contributed by atoms with Gasteiger partial charge >= 0.3 is 0 Å². The highest BCUT2D eigenvalue weighted by molar-refractivity contribution is 9.10. The van der Waals surface area contributed by atoms with Crippen LogP contribution in [0.1, 0.15) is 24.3 Å². The summed E-state index contributed by atoms with van der Waals surface area (Å²) in [4.78, 5) is 19.3. The van der Waals surface area contributed by atoms with Gasteiger partial charge in [-0.2, -0.15) is 4.98 Å². The van der Waals surface area contributed by atoms with Crippen LogP contribution in [-0.4, -0.2) is 34.0 Å². The maximum Gasteiger partial charge on any atom is 0.241 e. The summed E-state index contributed by atoms with van der Waals surface area (Å²) in [6, 6.07) is 13.9. The third-order valence-corrected chi connectivity index (χ3v) is 5.66. The molecule has 8 heteroatoms. The third-order valence-electron chi connectivity index (χ3n) is 5.17. The van der Waals surface area contributed by atoms with Crippen molar-refractivity contribution in [3.63, 3.8) is 0 Å². The SMILES string of the molecule is O=C(NCc1ccc(F)cc1)C1CCCN(Cc2nc(-c3cccc(Br)c3)no2)C1. The van der Waals surface area contributed by atoms with E-state index in [9.17, 15) is 9.18 Å². The summed E-state index contributed by atoms with van der Waals surface area (Å²) < 4.78 is 19.4. The van der Waals surface area contributed by atoms with Crippen LogP contribution in [0, 0.1) is 11.7 Å². The van der Waals surface area contributed by atoms with Gasteiger partial charge in [-0.15, -0.1) is 0 Å². The molecule has 0 saturated carbocycles. The van der Waals surface area contributed by atoms with Crippen molar-refractivity contribution in [2.45, 2.75) is 25.9 Å². The van der Waals surface area contributed by atoms with Gasteiger partial charge in [-0.25, -0.2) is 4.39 Å². The molecule has 1 fully saturated rings. The Morgan fingerprint density at radius 1 is 1.27 bits per heavy atom. The predicted molar refractivity (Wildman–Crippen MR) is 114 cm³/mol. The first kappa shape index (κ1) is 20.7. The molecule has 0 spiro atoms. The van der Waals surface area contributed by atoms with E-state index < -0.39 is 0 Å². The summed E-state index contributed by atoms with van der Waals surface area (Å²) in [6.07, 6.45) is 1.78. The van der Waals surface area contributed by atoms with Crippen LogP contribution in [0.25, 0.3) is 11.4 Å². The van der Waals surface area contributed by atoms with Crippen LogP contribution in [0.5, 0.6) is 0 Å². The maximum absolute atomic E-state index is 13.0. The van der Waals surface area contributed by atoms with Gasteiger partial charge < -0.3 is 9.84 Å². The summed E-state index contributed by atoms with van der Waals surface area (Å²) in [5.41, 5.74) is 1.76. The lowest BCUT2D eigenvalue weighted by Gasteiger charge is -2.30. The first-order valence-corrected chi connectivity index (χ1v) is 10.7. The number of aromatic nitrogens is 2. The minimum atomic E-state index is -0.280. The Hall–Kier alpha value is -2.58. The largest absolute Gasteiger partial charge is 0.352 e. The number of piperidine rings is 1. The van der Waals surface area contributed by atoms with Crippen molar-refractivity contribution in [2.24, 2.45) is 5.92 Å². The molecule has 2 aromatic carbocycles. The van der Waals surface area contributed by atoms with Crippen molar-refractivity contribution in [2.75, 3.05) is 13.1 Å². The molecular weight excluding hydrogens is 451 g/mol. The third kappa shape index (κ3) is 5.31. The summed E-state index contributed by atoms with van der Waals surface area (Å²) >= 11 is 3.45. The molecule has 30 heavy (non-hydrogen) atoms. The highest BCUT2D eigenvalue weighted by Crippen LogP contribution is 2.22. The fraction of sp³-hybridized carbons (Fsp3) is 0.318. The van der Waals surface area contributed by atoms with Gasteiger partial charge in [0.25, 0.3) is 0 Å². The smallest absolute Gasteiger partial charge is 0.241 e. The Kier molecular flexibility index (Phi) is 6.54. The maximum atomic E-state index is 13.0.